The van der Waals surface area contributed by atoms with E-state index in [1.807, 2.05) is 0 Å². The van der Waals surface area contributed by atoms with Gasteiger partial charge in [-0.1, -0.05) is 12.1 Å². The molecule has 1 saturated heterocycles. The van der Waals surface area contributed by atoms with Gasteiger partial charge in [-0.15, -0.1) is 0 Å². The Kier molecular flexibility index (Phi) is 6.93. The molecule has 1 aliphatic heterocycles. The molecule has 154 valence electrons. The number of carbonyl (C=O) groups excluding carboxylic acids is 2. The molecule has 2 atom stereocenters. The summed E-state index contributed by atoms with van der Waals surface area (Å²) in [5, 5.41) is 2.88. The molecule has 0 spiro atoms. The number of rotatable bonds is 7. The lowest BCUT2D eigenvalue weighted by Gasteiger charge is -2.18. The van der Waals surface area contributed by atoms with Crippen LogP contribution in [-0.2, 0) is 9.53 Å². The lowest BCUT2D eigenvalue weighted by Crippen LogP contribution is -2.36. The molecule has 1 N–H and O–H groups in total. The summed E-state index contributed by atoms with van der Waals surface area (Å²) < 4.78 is 31.9. The minimum Gasteiger partial charge on any atom is -0.385 e. The highest BCUT2D eigenvalue weighted by molar-refractivity contribution is 5.95. The van der Waals surface area contributed by atoms with Gasteiger partial charge in [0.2, 0.25) is 5.91 Å². The molecule has 0 unspecified atom stereocenters. The number of likely N-dealkylation sites (tertiary alicyclic amines) is 1. The maximum Gasteiger partial charge on any atom is 0.253 e. The van der Waals surface area contributed by atoms with Gasteiger partial charge in [0.25, 0.3) is 5.91 Å². The van der Waals surface area contributed by atoms with Gasteiger partial charge in [-0.2, -0.15) is 0 Å². The minimum atomic E-state index is -0.497. The number of carbonyl (C=O) groups is 2. The van der Waals surface area contributed by atoms with Crippen molar-refractivity contribution in [2.45, 2.75) is 12.3 Å². The van der Waals surface area contributed by atoms with Crippen molar-refractivity contribution < 1.29 is 23.1 Å². The second kappa shape index (κ2) is 9.60. The summed E-state index contributed by atoms with van der Waals surface area (Å²) in [6, 6.07) is 11.4. The van der Waals surface area contributed by atoms with Crippen LogP contribution in [-0.4, -0.2) is 50.1 Å². The highest BCUT2D eigenvalue weighted by Crippen LogP contribution is 2.34. The summed E-state index contributed by atoms with van der Waals surface area (Å²) in [6.07, 6.45) is 0.678. The van der Waals surface area contributed by atoms with E-state index >= 15 is 0 Å². The van der Waals surface area contributed by atoms with Crippen LogP contribution in [0.5, 0.6) is 0 Å². The van der Waals surface area contributed by atoms with Gasteiger partial charge in [-0.25, -0.2) is 8.78 Å². The summed E-state index contributed by atoms with van der Waals surface area (Å²) in [5.41, 5.74) is 1.03. The molecule has 1 aliphatic rings. The zero-order chi connectivity index (χ0) is 20.8. The summed E-state index contributed by atoms with van der Waals surface area (Å²) in [6.45, 7) is 1.50. The lowest BCUT2D eigenvalue weighted by atomic mass is 9.88. The first-order valence-corrected chi connectivity index (χ1v) is 9.56. The number of nitrogens with zero attached hydrogens (tertiary/aromatic N) is 1. The molecule has 1 fully saturated rings. The maximum atomic E-state index is 13.8. The van der Waals surface area contributed by atoms with Gasteiger partial charge in [-0.3, -0.25) is 9.59 Å². The minimum absolute atomic E-state index is 0.176. The third-order valence-electron chi connectivity index (χ3n) is 5.14. The summed E-state index contributed by atoms with van der Waals surface area (Å²) in [5.74, 6) is -2.08. The number of halogens is 2. The Hall–Kier alpha value is -2.80. The molecular formula is C22H24F2N2O3. The molecule has 2 aromatic rings. The average molecular weight is 402 g/mol. The van der Waals surface area contributed by atoms with E-state index in [1.165, 1.54) is 36.4 Å². The van der Waals surface area contributed by atoms with Crippen molar-refractivity contribution >= 4 is 11.8 Å². The van der Waals surface area contributed by atoms with E-state index in [2.05, 4.69) is 5.32 Å². The SMILES string of the molecule is COCCCNC(=O)[C@H]1CN(C(=O)c2ccc(F)cc2)C[C@H]1c1cccc(F)c1. The van der Waals surface area contributed by atoms with Crippen LogP contribution in [0, 0.1) is 17.6 Å². The molecular weight excluding hydrogens is 378 g/mol. The van der Waals surface area contributed by atoms with Crippen molar-refractivity contribution in [2.24, 2.45) is 5.92 Å². The first-order valence-electron chi connectivity index (χ1n) is 9.56. The number of amides is 2. The van der Waals surface area contributed by atoms with Crippen LogP contribution < -0.4 is 5.32 Å². The average Bonchev–Trinajstić information content (AvgIpc) is 3.17. The van der Waals surface area contributed by atoms with E-state index in [9.17, 15) is 18.4 Å². The first-order chi connectivity index (χ1) is 14.0. The largest absolute Gasteiger partial charge is 0.385 e. The zero-order valence-electron chi connectivity index (χ0n) is 16.2. The monoisotopic (exact) mass is 402 g/mol. The quantitative estimate of drug-likeness (QED) is 0.725. The predicted octanol–water partition coefficient (Wildman–Crippen LogP) is 2.97. The fourth-order valence-electron chi connectivity index (χ4n) is 3.64. The Labute approximate surface area is 168 Å². The maximum absolute atomic E-state index is 13.8. The van der Waals surface area contributed by atoms with Gasteiger partial charge in [0.1, 0.15) is 11.6 Å². The van der Waals surface area contributed by atoms with Crippen LogP contribution in [0.15, 0.2) is 48.5 Å². The molecule has 5 nitrogen and oxygen atoms in total. The third kappa shape index (κ3) is 5.17. The van der Waals surface area contributed by atoms with E-state index in [-0.39, 0.29) is 36.6 Å². The van der Waals surface area contributed by atoms with Crippen LogP contribution in [0.25, 0.3) is 0 Å². The predicted molar refractivity (Wildman–Crippen MR) is 104 cm³/mol. The Morgan fingerprint density at radius 2 is 1.86 bits per heavy atom. The topological polar surface area (TPSA) is 58.6 Å². The summed E-state index contributed by atoms with van der Waals surface area (Å²) in [7, 11) is 1.59. The Bertz CT molecular complexity index is 857. The van der Waals surface area contributed by atoms with Crippen LogP contribution >= 0.6 is 0 Å². The molecule has 2 amide bonds. The number of hydrogen-bond donors (Lipinski definition) is 1. The van der Waals surface area contributed by atoms with Crippen molar-refractivity contribution in [1.29, 1.82) is 0 Å². The fraction of sp³-hybridized carbons (Fsp3) is 0.364. The van der Waals surface area contributed by atoms with Gasteiger partial charge < -0.3 is 15.0 Å². The van der Waals surface area contributed by atoms with Crippen LogP contribution in [0.2, 0.25) is 0 Å². The molecule has 2 aromatic carbocycles. The molecule has 3 rings (SSSR count). The van der Waals surface area contributed by atoms with Crippen molar-refractivity contribution in [3.8, 4) is 0 Å². The number of ether oxygens (including phenoxy) is 1. The molecule has 1 heterocycles. The second-order valence-corrected chi connectivity index (χ2v) is 7.12. The number of nitrogens with one attached hydrogen (secondary N) is 1. The number of hydrogen-bond acceptors (Lipinski definition) is 3. The normalized spacial score (nSPS) is 18.7. The van der Waals surface area contributed by atoms with Gasteiger partial charge in [-0.05, 0) is 48.4 Å². The van der Waals surface area contributed by atoms with Gasteiger partial charge >= 0.3 is 0 Å². The van der Waals surface area contributed by atoms with E-state index < -0.39 is 11.7 Å². The van der Waals surface area contributed by atoms with Crippen molar-refractivity contribution in [3.05, 3.63) is 71.3 Å². The van der Waals surface area contributed by atoms with E-state index in [0.717, 1.165) is 0 Å². The van der Waals surface area contributed by atoms with E-state index in [4.69, 9.17) is 4.74 Å². The number of benzene rings is 2. The standard InChI is InChI=1S/C22H24F2N2O3/c1-29-11-3-10-25-21(27)20-14-26(22(28)15-6-8-17(23)9-7-15)13-19(20)16-4-2-5-18(24)12-16/h2,4-9,12,19-20H,3,10-11,13-14H2,1H3,(H,25,27)/t19-,20-/m0/s1. The van der Waals surface area contributed by atoms with Crippen LogP contribution in [0.1, 0.15) is 28.3 Å². The molecule has 29 heavy (non-hydrogen) atoms. The Morgan fingerprint density at radius 1 is 1.10 bits per heavy atom. The second-order valence-electron chi connectivity index (χ2n) is 7.12. The highest BCUT2D eigenvalue weighted by atomic mass is 19.1. The molecule has 0 bridgehead atoms. The summed E-state index contributed by atoms with van der Waals surface area (Å²) in [4.78, 5) is 27.2. The molecule has 0 saturated carbocycles. The van der Waals surface area contributed by atoms with Crippen molar-refractivity contribution in [1.82, 2.24) is 10.2 Å². The van der Waals surface area contributed by atoms with Crippen LogP contribution in [0.3, 0.4) is 0 Å². The van der Waals surface area contributed by atoms with Crippen molar-refractivity contribution in [2.75, 3.05) is 33.4 Å². The van der Waals surface area contributed by atoms with E-state index in [0.29, 0.717) is 30.7 Å². The van der Waals surface area contributed by atoms with Gasteiger partial charge in [0.05, 0.1) is 5.92 Å². The van der Waals surface area contributed by atoms with E-state index in [1.54, 1.807) is 24.1 Å². The number of methoxy groups -OCH3 is 1. The molecule has 7 heteroatoms. The Morgan fingerprint density at radius 3 is 2.55 bits per heavy atom. The third-order valence-corrected chi connectivity index (χ3v) is 5.14. The molecule has 0 aromatic heterocycles. The zero-order valence-corrected chi connectivity index (χ0v) is 16.2. The van der Waals surface area contributed by atoms with Crippen LogP contribution in [0.4, 0.5) is 8.78 Å². The molecule has 0 aliphatic carbocycles. The lowest BCUT2D eigenvalue weighted by molar-refractivity contribution is -0.124. The fourth-order valence-corrected chi connectivity index (χ4v) is 3.64. The molecule has 0 radical (unpaired) electrons. The van der Waals surface area contributed by atoms with Gasteiger partial charge in [0, 0.05) is 44.8 Å². The first kappa shape index (κ1) is 20.9. The van der Waals surface area contributed by atoms with Gasteiger partial charge in [0.15, 0.2) is 0 Å². The smallest absolute Gasteiger partial charge is 0.253 e. The Balaban J connectivity index is 1.78. The van der Waals surface area contributed by atoms with Crippen molar-refractivity contribution in [3.63, 3.8) is 0 Å². The highest BCUT2D eigenvalue weighted by Gasteiger charge is 2.40. The summed E-state index contributed by atoms with van der Waals surface area (Å²) >= 11 is 0.